The van der Waals surface area contributed by atoms with Crippen LogP contribution in [-0.2, 0) is 12.0 Å². The molecule has 0 spiro atoms. The number of hydrogen-bond donors (Lipinski definition) is 1. The average Bonchev–Trinajstić information content (AvgIpc) is 2.65. The highest BCUT2D eigenvalue weighted by Gasteiger charge is 2.35. The van der Waals surface area contributed by atoms with E-state index in [1.54, 1.807) is 6.07 Å². The second kappa shape index (κ2) is 10.1. The van der Waals surface area contributed by atoms with E-state index in [1.165, 1.54) is 17.7 Å². The van der Waals surface area contributed by atoms with Crippen molar-refractivity contribution in [3.63, 3.8) is 0 Å². The molecule has 1 atom stereocenters. The summed E-state index contributed by atoms with van der Waals surface area (Å²) in [6, 6.07) is 19.4. The van der Waals surface area contributed by atoms with Crippen LogP contribution in [0.4, 0.5) is 4.39 Å². The van der Waals surface area contributed by atoms with Crippen molar-refractivity contribution in [3.05, 3.63) is 71.5 Å². The molecule has 2 nitrogen and oxygen atoms in total. The lowest BCUT2D eigenvalue weighted by Gasteiger charge is -2.31. The highest BCUT2D eigenvalue weighted by molar-refractivity contribution is 5.33. The molecular formula is C23H29FN2. The molecule has 2 aromatic carbocycles. The minimum atomic E-state index is -0.612. The van der Waals surface area contributed by atoms with E-state index < -0.39 is 5.41 Å². The van der Waals surface area contributed by atoms with E-state index in [2.05, 4.69) is 49.5 Å². The molecule has 0 saturated carbocycles. The Bertz CT molecular complexity index is 706. The summed E-state index contributed by atoms with van der Waals surface area (Å²) in [6.45, 7) is 5.96. The van der Waals surface area contributed by atoms with Gasteiger partial charge in [-0.2, -0.15) is 5.26 Å². The van der Waals surface area contributed by atoms with Crippen molar-refractivity contribution in [3.8, 4) is 6.07 Å². The standard InChI is InChI=1S/C23H29FN2/c1-19(2)23(18-25,21-12-9-13-22(24)16-21)14-7-4-8-15-26-17-20-10-5-3-6-11-20/h3,5-6,9-13,16,19,26H,4,7-8,14-15,17H2,1-2H3. The van der Waals surface area contributed by atoms with Crippen LogP contribution in [0.1, 0.15) is 50.7 Å². The summed E-state index contributed by atoms with van der Waals surface area (Å²) in [5.74, 6) is -0.126. The van der Waals surface area contributed by atoms with Gasteiger partial charge in [0.2, 0.25) is 0 Å². The average molecular weight is 352 g/mol. The summed E-state index contributed by atoms with van der Waals surface area (Å²) in [7, 11) is 0. The first-order valence-corrected chi connectivity index (χ1v) is 9.50. The maximum absolute atomic E-state index is 13.6. The molecule has 0 aliphatic heterocycles. The molecule has 0 fully saturated rings. The van der Waals surface area contributed by atoms with Crippen LogP contribution in [-0.4, -0.2) is 6.54 Å². The monoisotopic (exact) mass is 352 g/mol. The van der Waals surface area contributed by atoms with Gasteiger partial charge in [0.15, 0.2) is 0 Å². The second-order valence-electron chi connectivity index (χ2n) is 7.22. The molecule has 0 heterocycles. The summed E-state index contributed by atoms with van der Waals surface area (Å²) < 4.78 is 13.6. The maximum atomic E-state index is 13.6. The highest BCUT2D eigenvalue weighted by Crippen LogP contribution is 2.37. The molecule has 0 amide bonds. The molecule has 26 heavy (non-hydrogen) atoms. The van der Waals surface area contributed by atoms with Crippen molar-refractivity contribution in [1.29, 1.82) is 5.26 Å². The fourth-order valence-corrected chi connectivity index (χ4v) is 3.44. The third-order valence-corrected chi connectivity index (χ3v) is 5.12. The van der Waals surface area contributed by atoms with Crippen LogP contribution in [0.5, 0.6) is 0 Å². The van der Waals surface area contributed by atoms with Crippen LogP contribution in [0.15, 0.2) is 54.6 Å². The Morgan fingerprint density at radius 2 is 1.81 bits per heavy atom. The normalized spacial score (nSPS) is 13.3. The van der Waals surface area contributed by atoms with E-state index >= 15 is 0 Å². The lowest BCUT2D eigenvalue weighted by atomic mass is 9.69. The van der Waals surface area contributed by atoms with Crippen LogP contribution >= 0.6 is 0 Å². The van der Waals surface area contributed by atoms with Crippen molar-refractivity contribution in [2.45, 2.75) is 51.5 Å². The first-order valence-electron chi connectivity index (χ1n) is 9.50. The van der Waals surface area contributed by atoms with Crippen LogP contribution < -0.4 is 5.32 Å². The summed E-state index contributed by atoms with van der Waals surface area (Å²) in [6.07, 6.45) is 3.88. The first kappa shape index (κ1) is 20.1. The van der Waals surface area contributed by atoms with E-state index in [0.717, 1.165) is 44.3 Å². The number of nitrogens with zero attached hydrogens (tertiary/aromatic N) is 1. The molecule has 3 heteroatoms. The molecule has 138 valence electrons. The minimum absolute atomic E-state index is 0.144. The van der Waals surface area contributed by atoms with Crippen LogP contribution in [0.25, 0.3) is 0 Å². The Kier molecular flexibility index (Phi) is 7.81. The molecule has 1 N–H and O–H groups in total. The van der Waals surface area contributed by atoms with Crippen molar-refractivity contribution < 1.29 is 4.39 Å². The Morgan fingerprint density at radius 3 is 2.46 bits per heavy atom. The van der Waals surface area contributed by atoms with Crippen molar-refractivity contribution >= 4 is 0 Å². The zero-order valence-corrected chi connectivity index (χ0v) is 15.8. The number of benzene rings is 2. The smallest absolute Gasteiger partial charge is 0.123 e. The third kappa shape index (κ3) is 5.41. The van der Waals surface area contributed by atoms with Crippen LogP contribution in [0.3, 0.4) is 0 Å². The fraction of sp³-hybridized carbons (Fsp3) is 0.435. The predicted octanol–water partition coefficient (Wildman–Crippen LogP) is 5.59. The summed E-state index contributed by atoms with van der Waals surface area (Å²) >= 11 is 0. The molecule has 0 radical (unpaired) electrons. The predicted molar refractivity (Wildman–Crippen MR) is 105 cm³/mol. The van der Waals surface area contributed by atoms with E-state index in [0.29, 0.717) is 0 Å². The van der Waals surface area contributed by atoms with Gasteiger partial charge in [0.05, 0.1) is 11.5 Å². The summed E-state index contributed by atoms with van der Waals surface area (Å²) in [5, 5.41) is 13.3. The summed E-state index contributed by atoms with van der Waals surface area (Å²) in [4.78, 5) is 0. The molecule has 0 aromatic heterocycles. The number of unbranched alkanes of at least 4 members (excludes halogenated alkanes) is 2. The van der Waals surface area contributed by atoms with E-state index in [9.17, 15) is 9.65 Å². The van der Waals surface area contributed by atoms with Crippen molar-refractivity contribution in [1.82, 2.24) is 5.32 Å². The zero-order valence-electron chi connectivity index (χ0n) is 15.8. The zero-order chi connectivity index (χ0) is 18.8. The molecule has 2 rings (SSSR count). The fourth-order valence-electron chi connectivity index (χ4n) is 3.44. The van der Waals surface area contributed by atoms with Gasteiger partial charge in [0, 0.05) is 6.54 Å². The maximum Gasteiger partial charge on any atom is 0.123 e. The minimum Gasteiger partial charge on any atom is -0.313 e. The molecule has 0 aliphatic carbocycles. The third-order valence-electron chi connectivity index (χ3n) is 5.12. The molecule has 0 bridgehead atoms. The Labute approximate surface area is 157 Å². The van der Waals surface area contributed by atoms with Gasteiger partial charge in [-0.25, -0.2) is 4.39 Å². The van der Waals surface area contributed by atoms with Gasteiger partial charge in [0.25, 0.3) is 0 Å². The molecular weight excluding hydrogens is 323 g/mol. The number of nitrogens with one attached hydrogen (secondary N) is 1. The van der Waals surface area contributed by atoms with Crippen LogP contribution in [0.2, 0.25) is 0 Å². The number of rotatable bonds is 10. The largest absolute Gasteiger partial charge is 0.313 e. The van der Waals surface area contributed by atoms with E-state index in [1.807, 2.05) is 12.1 Å². The first-order chi connectivity index (χ1) is 12.6. The van der Waals surface area contributed by atoms with Gasteiger partial charge in [-0.05, 0) is 48.6 Å². The number of nitriles is 1. The van der Waals surface area contributed by atoms with Gasteiger partial charge in [0.1, 0.15) is 5.82 Å². The Balaban J connectivity index is 1.80. The number of halogens is 1. The number of hydrogen-bond acceptors (Lipinski definition) is 2. The van der Waals surface area contributed by atoms with Gasteiger partial charge in [-0.3, -0.25) is 0 Å². The van der Waals surface area contributed by atoms with Gasteiger partial charge < -0.3 is 5.32 Å². The molecule has 0 saturated heterocycles. The lowest BCUT2D eigenvalue weighted by Crippen LogP contribution is -2.31. The topological polar surface area (TPSA) is 35.8 Å². The highest BCUT2D eigenvalue weighted by atomic mass is 19.1. The second-order valence-corrected chi connectivity index (χ2v) is 7.22. The van der Waals surface area contributed by atoms with Crippen molar-refractivity contribution in [2.24, 2.45) is 5.92 Å². The van der Waals surface area contributed by atoms with E-state index in [-0.39, 0.29) is 11.7 Å². The Morgan fingerprint density at radius 1 is 1.04 bits per heavy atom. The SMILES string of the molecule is CC(C)C(C#N)(CCCCCNCc1ccccc1)c1cccc(F)c1. The van der Waals surface area contributed by atoms with Gasteiger partial charge in [-0.15, -0.1) is 0 Å². The molecule has 1 unspecified atom stereocenters. The van der Waals surface area contributed by atoms with Crippen molar-refractivity contribution in [2.75, 3.05) is 6.54 Å². The lowest BCUT2D eigenvalue weighted by molar-refractivity contribution is 0.352. The van der Waals surface area contributed by atoms with E-state index in [4.69, 9.17) is 0 Å². The summed E-state index contributed by atoms with van der Waals surface area (Å²) in [5.41, 5.74) is 1.48. The molecule has 0 aliphatic rings. The van der Waals surface area contributed by atoms with Crippen LogP contribution in [0, 0.1) is 23.1 Å². The molecule has 2 aromatic rings. The van der Waals surface area contributed by atoms with Gasteiger partial charge in [-0.1, -0.05) is 69.2 Å². The Hall–Kier alpha value is -2.18. The van der Waals surface area contributed by atoms with Gasteiger partial charge >= 0.3 is 0 Å². The quantitative estimate of drug-likeness (QED) is 0.566.